The number of benzene rings is 1. The molecule has 0 unspecified atom stereocenters. The van der Waals surface area contributed by atoms with E-state index in [-0.39, 0.29) is 11.8 Å². The molecule has 1 saturated carbocycles. The van der Waals surface area contributed by atoms with Crippen LogP contribution in [-0.2, 0) is 10.2 Å². The van der Waals surface area contributed by atoms with Crippen molar-refractivity contribution in [3.63, 3.8) is 0 Å². The van der Waals surface area contributed by atoms with Gasteiger partial charge in [-0.15, -0.1) is 0 Å². The maximum atomic E-state index is 12.4. The highest BCUT2D eigenvalue weighted by atomic mass is 35.5. The van der Waals surface area contributed by atoms with Gasteiger partial charge in [-0.25, -0.2) is 0 Å². The van der Waals surface area contributed by atoms with Crippen LogP contribution in [0.2, 0.25) is 5.02 Å². The lowest BCUT2D eigenvalue weighted by atomic mass is 10.1. The van der Waals surface area contributed by atoms with E-state index in [1.807, 2.05) is 4.90 Å². The number of ketones is 1. The first-order valence-corrected chi connectivity index (χ1v) is 10.5. The molecule has 0 aromatic heterocycles. The molecule has 1 saturated heterocycles. The first-order valence-electron chi connectivity index (χ1n) is 8.72. The van der Waals surface area contributed by atoms with Crippen LogP contribution in [0.4, 0.5) is 0 Å². The molecule has 0 radical (unpaired) electrons. The second-order valence-corrected chi connectivity index (χ2v) is 8.85. The van der Waals surface area contributed by atoms with Gasteiger partial charge >= 0.3 is 0 Å². The average Bonchev–Trinajstić information content (AvgIpc) is 3.08. The van der Waals surface area contributed by atoms with Crippen molar-refractivity contribution >= 4 is 27.6 Å². The summed E-state index contributed by atoms with van der Waals surface area (Å²) in [7, 11) is -3.42. The summed E-state index contributed by atoms with van der Waals surface area (Å²) in [4.78, 5) is 14.3. The number of carbonyl (C=O) groups is 1. The van der Waals surface area contributed by atoms with Gasteiger partial charge in [-0.1, -0.05) is 24.4 Å². The molecule has 1 N–H and O–H groups in total. The van der Waals surface area contributed by atoms with Crippen LogP contribution < -0.4 is 4.72 Å². The van der Waals surface area contributed by atoms with Gasteiger partial charge in [-0.2, -0.15) is 17.4 Å². The van der Waals surface area contributed by atoms with E-state index in [9.17, 15) is 13.2 Å². The molecule has 2 aliphatic rings. The largest absolute Gasteiger partial charge is 0.293 e. The number of carbonyl (C=O) groups excluding carboxylic acids is 1. The van der Waals surface area contributed by atoms with Crippen molar-refractivity contribution in [1.29, 1.82) is 0 Å². The van der Waals surface area contributed by atoms with Gasteiger partial charge in [0, 0.05) is 42.8 Å². The molecule has 3 rings (SSSR count). The van der Waals surface area contributed by atoms with E-state index in [1.54, 1.807) is 24.3 Å². The minimum absolute atomic E-state index is 0.0251. The van der Waals surface area contributed by atoms with Crippen LogP contribution in [0.3, 0.4) is 0 Å². The molecule has 1 aromatic rings. The number of hydrogen-bond donors (Lipinski definition) is 1. The summed E-state index contributed by atoms with van der Waals surface area (Å²) < 4.78 is 29.2. The van der Waals surface area contributed by atoms with Gasteiger partial charge in [0.2, 0.25) is 0 Å². The zero-order valence-corrected chi connectivity index (χ0v) is 15.7. The van der Waals surface area contributed by atoms with Gasteiger partial charge in [0.25, 0.3) is 10.2 Å². The molecule has 1 aliphatic heterocycles. The van der Waals surface area contributed by atoms with Crippen LogP contribution in [0.25, 0.3) is 0 Å². The number of Topliss-reactive ketones (excluding diaryl/α,β-unsaturated/α-hetero) is 1. The number of nitrogens with zero attached hydrogens (tertiary/aromatic N) is 2. The van der Waals surface area contributed by atoms with E-state index in [2.05, 4.69) is 4.72 Å². The second kappa shape index (κ2) is 8.14. The molecule has 6 nitrogen and oxygen atoms in total. The van der Waals surface area contributed by atoms with E-state index in [1.165, 1.54) is 4.31 Å². The van der Waals surface area contributed by atoms with Crippen molar-refractivity contribution < 1.29 is 13.2 Å². The summed E-state index contributed by atoms with van der Waals surface area (Å²) in [5, 5.41) is 0.602. The fraction of sp³-hybridized carbons (Fsp3) is 0.588. The zero-order chi connectivity index (χ0) is 17.9. The summed E-state index contributed by atoms with van der Waals surface area (Å²) in [5.41, 5.74) is 0.627. The van der Waals surface area contributed by atoms with Crippen molar-refractivity contribution in [2.45, 2.75) is 31.7 Å². The van der Waals surface area contributed by atoms with Gasteiger partial charge in [0.05, 0.1) is 6.54 Å². The average molecular weight is 386 g/mol. The Morgan fingerprint density at radius 3 is 2.28 bits per heavy atom. The van der Waals surface area contributed by atoms with Crippen LogP contribution in [-0.4, -0.2) is 62.2 Å². The number of piperazine rings is 1. The lowest BCUT2D eigenvalue weighted by Crippen LogP contribution is -2.54. The van der Waals surface area contributed by atoms with E-state index < -0.39 is 10.2 Å². The van der Waals surface area contributed by atoms with Gasteiger partial charge in [0.15, 0.2) is 5.78 Å². The zero-order valence-electron chi connectivity index (χ0n) is 14.2. The van der Waals surface area contributed by atoms with E-state index in [4.69, 9.17) is 11.6 Å². The van der Waals surface area contributed by atoms with Gasteiger partial charge in [-0.05, 0) is 37.1 Å². The fourth-order valence-electron chi connectivity index (χ4n) is 3.39. The highest BCUT2D eigenvalue weighted by Crippen LogP contribution is 2.19. The summed E-state index contributed by atoms with van der Waals surface area (Å²) in [5.74, 6) is 0.0251. The normalized spacial score (nSPS) is 20.8. The highest BCUT2D eigenvalue weighted by molar-refractivity contribution is 7.87. The summed E-state index contributed by atoms with van der Waals surface area (Å²) in [6.07, 6.45) is 4.03. The maximum Gasteiger partial charge on any atom is 0.279 e. The standard InChI is InChI=1S/C17H24ClN3O3S/c18-15-7-5-14(6-8-15)17(22)13-20-9-11-21(12-10-20)25(23,24)19-16-3-1-2-4-16/h5-8,16,19H,1-4,9-13H2. The molecule has 1 aromatic carbocycles. The SMILES string of the molecule is O=C(CN1CCN(S(=O)(=O)NC2CCCC2)CC1)c1ccc(Cl)cc1. The van der Waals surface area contributed by atoms with Crippen molar-refractivity contribution in [3.05, 3.63) is 34.9 Å². The third-order valence-corrected chi connectivity index (χ3v) is 6.80. The Morgan fingerprint density at radius 1 is 1.08 bits per heavy atom. The predicted molar refractivity (Wildman–Crippen MR) is 98.1 cm³/mol. The minimum Gasteiger partial charge on any atom is -0.293 e. The summed E-state index contributed by atoms with van der Waals surface area (Å²) >= 11 is 5.84. The Labute approximate surface area is 154 Å². The molecular formula is C17H24ClN3O3S. The van der Waals surface area contributed by atoms with Crippen molar-refractivity contribution in [1.82, 2.24) is 13.9 Å². The first-order chi connectivity index (χ1) is 11.9. The van der Waals surface area contributed by atoms with Crippen LogP contribution in [0.15, 0.2) is 24.3 Å². The second-order valence-electron chi connectivity index (χ2n) is 6.71. The van der Waals surface area contributed by atoms with Gasteiger partial charge in [-0.3, -0.25) is 9.69 Å². The molecule has 2 fully saturated rings. The lowest BCUT2D eigenvalue weighted by molar-refractivity contribution is 0.0901. The first kappa shape index (κ1) is 18.8. The number of rotatable bonds is 6. The predicted octanol–water partition coefficient (Wildman–Crippen LogP) is 1.92. The molecule has 25 heavy (non-hydrogen) atoms. The molecule has 1 aliphatic carbocycles. The molecule has 138 valence electrons. The molecule has 1 heterocycles. The Bertz CT molecular complexity index is 694. The minimum atomic E-state index is -3.42. The van der Waals surface area contributed by atoms with E-state index in [0.717, 1.165) is 25.7 Å². The smallest absolute Gasteiger partial charge is 0.279 e. The van der Waals surface area contributed by atoms with E-state index >= 15 is 0 Å². The lowest BCUT2D eigenvalue weighted by Gasteiger charge is -2.34. The van der Waals surface area contributed by atoms with Crippen LogP contribution in [0.5, 0.6) is 0 Å². The molecule has 0 atom stereocenters. The van der Waals surface area contributed by atoms with Crippen molar-refractivity contribution in [2.75, 3.05) is 32.7 Å². The maximum absolute atomic E-state index is 12.4. The Kier molecular flexibility index (Phi) is 6.12. The molecule has 8 heteroatoms. The third kappa shape index (κ3) is 5.01. The number of nitrogens with one attached hydrogen (secondary N) is 1. The Balaban J connectivity index is 1.49. The van der Waals surface area contributed by atoms with Crippen molar-refractivity contribution in [3.8, 4) is 0 Å². The number of hydrogen-bond acceptors (Lipinski definition) is 4. The van der Waals surface area contributed by atoms with Crippen LogP contribution >= 0.6 is 11.6 Å². The molecule has 0 bridgehead atoms. The third-order valence-electron chi connectivity index (χ3n) is 4.88. The highest BCUT2D eigenvalue weighted by Gasteiger charge is 2.30. The summed E-state index contributed by atoms with van der Waals surface area (Å²) in [6, 6.07) is 6.92. The Morgan fingerprint density at radius 2 is 1.68 bits per heavy atom. The molecular weight excluding hydrogens is 362 g/mol. The quantitative estimate of drug-likeness (QED) is 0.759. The topological polar surface area (TPSA) is 69.7 Å². The van der Waals surface area contributed by atoms with E-state index in [0.29, 0.717) is 43.3 Å². The van der Waals surface area contributed by atoms with Crippen LogP contribution in [0, 0.1) is 0 Å². The molecule has 0 spiro atoms. The Hall–Kier alpha value is -0.990. The van der Waals surface area contributed by atoms with Crippen LogP contribution in [0.1, 0.15) is 36.0 Å². The number of halogens is 1. The van der Waals surface area contributed by atoms with Crippen molar-refractivity contribution in [2.24, 2.45) is 0 Å². The molecule has 0 amide bonds. The van der Waals surface area contributed by atoms with Gasteiger partial charge < -0.3 is 0 Å². The van der Waals surface area contributed by atoms with Gasteiger partial charge in [0.1, 0.15) is 0 Å². The fourth-order valence-corrected chi connectivity index (χ4v) is 4.96. The summed E-state index contributed by atoms with van der Waals surface area (Å²) in [6.45, 7) is 2.24. The monoisotopic (exact) mass is 385 g/mol.